The van der Waals surface area contributed by atoms with Crippen molar-refractivity contribution in [1.29, 1.82) is 0 Å². The predicted molar refractivity (Wildman–Crippen MR) is 114 cm³/mol. The van der Waals surface area contributed by atoms with Gasteiger partial charge in [0, 0.05) is 19.5 Å². The lowest BCUT2D eigenvalue weighted by Gasteiger charge is -2.16. The van der Waals surface area contributed by atoms with Crippen LogP contribution in [0.25, 0.3) is 0 Å². The molecule has 2 heterocycles. The van der Waals surface area contributed by atoms with Gasteiger partial charge in [-0.05, 0) is 42.6 Å². The van der Waals surface area contributed by atoms with Crippen LogP contribution in [0.15, 0.2) is 53.6 Å². The molecule has 1 unspecified atom stereocenters. The third kappa shape index (κ3) is 4.49. The third-order valence-corrected chi connectivity index (χ3v) is 5.94. The van der Waals surface area contributed by atoms with E-state index in [0.29, 0.717) is 41.3 Å². The van der Waals surface area contributed by atoms with E-state index in [1.165, 1.54) is 5.56 Å². The van der Waals surface area contributed by atoms with Gasteiger partial charge in [-0.25, -0.2) is 0 Å². The van der Waals surface area contributed by atoms with Crippen LogP contribution in [0, 0.1) is 0 Å². The Labute approximate surface area is 174 Å². The van der Waals surface area contributed by atoms with E-state index in [4.69, 9.17) is 23.2 Å². The maximum atomic E-state index is 12.4. The maximum absolute atomic E-state index is 12.4. The first-order valence-electron chi connectivity index (χ1n) is 9.46. The zero-order chi connectivity index (χ0) is 19.5. The van der Waals surface area contributed by atoms with Crippen molar-refractivity contribution in [3.05, 3.63) is 64.1 Å². The molecule has 7 heteroatoms. The number of amidine groups is 1. The van der Waals surface area contributed by atoms with Crippen molar-refractivity contribution in [2.45, 2.75) is 18.8 Å². The second-order valence-electron chi connectivity index (χ2n) is 7.20. The van der Waals surface area contributed by atoms with Crippen LogP contribution in [0.2, 0.25) is 10.0 Å². The summed E-state index contributed by atoms with van der Waals surface area (Å²) >= 11 is 12.0. The molecule has 2 aromatic rings. The number of carbonyl (C=O) groups excluding carboxylic acids is 1. The Bertz CT molecular complexity index is 887. The quantitative estimate of drug-likeness (QED) is 0.814. The highest BCUT2D eigenvalue weighted by Crippen LogP contribution is 2.29. The molecule has 0 spiro atoms. The van der Waals surface area contributed by atoms with E-state index in [0.717, 1.165) is 25.2 Å². The molecule has 4 rings (SSSR count). The number of nitrogens with zero attached hydrogens (tertiary/aromatic N) is 3. The Morgan fingerprint density at radius 2 is 1.93 bits per heavy atom. The monoisotopic (exact) mass is 416 g/mol. The second-order valence-corrected chi connectivity index (χ2v) is 8.01. The molecule has 2 aliphatic rings. The molecular weight excluding hydrogens is 395 g/mol. The van der Waals surface area contributed by atoms with Crippen LogP contribution in [0.1, 0.15) is 24.3 Å². The summed E-state index contributed by atoms with van der Waals surface area (Å²) in [4.78, 5) is 14.7. The van der Waals surface area contributed by atoms with Crippen LogP contribution in [-0.2, 0) is 4.79 Å². The molecule has 1 saturated heterocycles. The van der Waals surface area contributed by atoms with E-state index in [-0.39, 0.29) is 5.91 Å². The van der Waals surface area contributed by atoms with Crippen molar-refractivity contribution in [3.8, 4) is 0 Å². The second kappa shape index (κ2) is 8.52. The summed E-state index contributed by atoms with van der Waals surface area (Å²) in [5.41, 5.74) is 2.21. The molecule has 0 bridgehead atoms. The standard InChI is InChI=1S/C21H22Cl2N4O/c22-18-7-6-17(12-19(18)23)27-11-9-20(25-27)24-21(28)14-26-10-8-16(13-26)15-4-2-1-3-5-15/h1-7,12,16H,8-11,13-14H2,(H,24,25,28). The highest BCUT2D eigenvalue weighted by Gasteiger charge is 2.26. The SMILES string of the molecule is O=C(CN1CCC(c2ccccc2)C1)NC1=NN(c2ccc(Cl)c(Cl)c2)CC1. The normalized spacial score (nSPS) is 19.7. The van der Waals surface area contributed by atoms with Gasteiger partial charge in [-0.3, -0.25) is 14.7 Å². The van der Waals surface area contributed by atoms with Gasteiger partial charge in [0.15, 0.2) is 0 Å². The highest BCUT2D eigenvalue weighted by molar-refractivity contribution is 6.42. The topological polar surface area (TPSA) is 47.9 Å². The number of amides is 1. The van der Waals surface area contributed by atoms with Gasteiger partial charge in [-0.2, -0.15) is 5.10 Å². The van der Waals surface area contributed by atoms with Crippen molar-refractivity contribution in [3.63, 3.8) is 0 Å². The Morgan fingerprint density at radius 1 is 1.11 bits per heavy atom. The molecule has 28 heavy (non-hydrogen) atoms. The van der Waals surface area contributed by atoms with Crippen molar-refractivity contribution >= 4 is 40.6 Å². The largest absolute Gasteiger partial charge is 0.312 e. The summed E-state index contributed by atoms with van der Waals surface area (Å²) in [7, 11) is 0. The summed E-state index contributed by atoms with van der Waals surface area (Å²) in [5.74, 6) is 1.18. The van der Waals surface area contributed by atoms with Crippen LogP contribution < -0.4 is 10.3 Å². The lowest BCUT2D eigenvalue weighted by atomic mass is 9.99. The lowest BCUT2D eigenvalue weighted by molar-refractivity contribution is -0.120. The Kier molecular flexibility index (Phi) is 5.85. The number of benzene rings is 2. The Morgan fingerprint density at radius 3 is 2.71 bits per heavy atom. The summed E-state index contributed by atoms with van der Waals surface area (Å²) < 4.78 is 0. The van der Waals surface area contributed by atoms with Gasteiger partial charge in [0.1, 0.15) is 5.84 Å². The fraction of sp³-hybridized carbons (Fsp3) is 0.333. The molecular formula is C21H22Cl2N4O. The van der Waals surface area contributed by atoms with Crippen LogP contribution >= 0.6 is 23.2 Å². The summed E-state index contributed by atoms with van der Waals surface area (Å²) in [6.07, 6.45) is 1.78. The fourth-order valence-corrected chi connectivity index (χ4v) is 4.05. The highest BCUT2D eigenvalue weighted by atomic mass is 35.5. The Hall–Kier alpha value is -2.08. The first kappa shape index (κ1) is 19.2. The van der Waals surface area contributed by atoms with Gasteiger partial charge in [0.05, 0.1) is 22.3 Å². The first-order chi connectivity index (χ1) is 13.6. The minimum atomic E-state index is -0.0107. The molecule has 1 fully saturated rings. The maximum Gasteiger partial charge on any atom is 0.239 e. The molecule has 2 aliphatic heterocycles. The third-order valence-electron chi connectivity index (χ3n) is 5.20. The van der Waals surface area contributed by atoms with Gasteiger partial charge in [0.2, 0.25) is 5.91 Å². The zero-order valence-corrected chi connectivity index (χ0v) is 17.0. The molecule has 1 N–H and O–H groups in total. The summed E-state index contributed by atoms with van der Waals surface area (Å²) in [6, 6.07) is 15.9. The number of nitrogens with one attached hydrogen (secondary N) is 1. The molecule has 0 radical (unpaired) electrons. The van der Waals surface area contributed by atoms with Gasteiger partial charge in [-0.1, -0.05) is 53.5 Å². The fourth-order valence-electron chi connectivity index (χ4n) is 3.75. The van der Waals surface area contributed by atoms with Gasteiger partial charge >= 0.3 is 0 Å². The van der Waals surface area contributed by atoms with E-state index in [1.54, 1.807) is 12.1 Å². The average molecular weight is 417 g/mol. The molecule has 0 saturated carbocycles. The Balaban J connectivity index is 1.30. The molecule has 0 aromatic heterocycles. The van der Waals surface area contributed by atoms with Gasteiger partial charge in [-0.15, -0.1) is 0 Å². The first-order valence-corrected chi connectivity index (χ1v) is 10.2. The van der Waals surface area contributed by atoms with Gasteiger partial charge < -0.3 is 5.32 Å². The number of hydrogen-bond donors (Lipinski definition) is 1. The number of likely N-dealkylation sites (tertiary alicyclic amines) is 1. The van der Waals surface area contributed by atoms with Crippen molar-refractivity contribution in [1.82, 2.24) is 10.2 Å². The number of carbonyl (C=O) groups is 1. The number of halogens is 2. The molecule has 2 aromatic carbocycles. The minimum Gasteiger partial charge on any atom is -0.312 e. The lowest BCUT2D eigenvalue weighted by Crippen LogP contribution is -2.38. The van der Waals surface area contributed by atoms with E-state index in [9.17, 15) is 4.79 Å². The van der Waals surface area contributed by atoms with Crippen LogP contribution in [-0.4, -0.2) is 42.8 Å². The van der Waals surface area contributed by atoms with Crippen molar-refractivity contribution < 1.29 is 4.79 Å². The molecule has 5 nitrogen and oxygen atoms in total. The number of hydrazone groups is 1. The van der Waals surface area contributed by atoms with Crippen LogP contribution in [0.4, 0.5) is 5.69 Å². The van der Waals surface area contributed by atoms with Crippen molar-refractivity contribution in [2.75, 3.05) is 31.2 Å². The smallest absolute Gasteiger partial charge is 0.239 e. The van der Waals surface area contributed by atoms with E-state index < -0.39 is 0 Å². The summed E-state index contributed by atoms with van der Waals surface area (Å²) in [5, 5.41) is 10.3. The number of anilines is 1. The molecule has 1 amide bonds. The average Bonchev–Trinajstić information content (AvgIpc) is 3.34. The number of rotatable bonds is 4. The van der Waals surface area contributed by atoms with Crippen LogP contribution in [0.3, 0.4) is 0 Å². The molecule has 146 valence electrons. The minimum absolute atomic E-state index is 0.0107. The molecule has 0 aliphatic carbocycles. The van der Waals surface area contributed by atoms with E-state index in [2.05, 4.69) is 39.6 Å². The molecule has 1 atom stereocenters. The van der Waals surface area contributed by atoms with Crippen molar-refractivity contribution in [2.24, 2.45) is 5.10 Å². The van der Waals surface area contributed by atoms with Crippen LogP contribution in [0.5, 0.6) is 0 Å². The van der Waals surface area contributed by atoms with E-state index >= 15 is 0 Å². The van der Waals surface area contributed by atoms with Gasteiger partial charge in [0.25, 0.3) is 0 Å². The summed E-state index contributed by atoms with van der Waals surface area (Å²) in [6.45, 7) is 2.96. The number of hydrogen-bond acceptors (Lipinski definition) is 4. The predicted octanol–water partition coefficient (Wildman–Crippen LogP) is 4.12. The van der Waals surface area contributed by atoms with E-state index in [1.807, 2.05) is 17.1 Å². The zero-order valence-electron chi connectivity index (χ0n) is 15.4.